The third-order valence-corrected chi connectivity index (χ3v) is 3.02. The Labute approximate surface area is 123 Å². The molecule has 0 fully saturated rings. The third kappa shape index (κ3) is 2.69. The molecule has 3 aromatic heterocycles. The predicted octanol–water partition coefficient (Wildman–Crippen LogP) is 2.71. The highest BCUT2D eigenvalue weighted by atomic mass is 19.4. The maximum Gasteiger partial charge on any atom is 0.433 e. The van der Waals surface area contributed by atoms with Gasteiger partial charge < -0.3 is 5.32 Å². The number of nitrogens with zero attached hydrogens (tertiary/aromatic N) is 5. The highest BCUT2D eigenvalue weighted by Gasteiger charge is 2.33. The van der Waals surface area contributed by atoms with Crippen LogP contribution in [0.3, 0.4) is 0 Å². The van der Waals surface area contributed by atoms with E-state index in [0.717, 1.165) is 12.3 Å². The first-order valence-electron chi connectivity index (χ1n) is 6.41. The van der Waals surface area contributed by atoms with Crippen LogP contribution in [0.15, 0.2) is 36.7 Å². The van der Waals surface area contributed by atoms with Crippen molar-refractivity contribution in [2.75, 3.05) is 5.32 Å². The summed E-state index contributed by atoms with van der Waals surface area (Å²) in [7, 11) is 0. The summed E-state index contributed by atoms with van der Waals surface area (Å²) in [5.74, 6) is 0.437. The Morgan fingerprint density at radius 3 is 2.77 bits per heavy atom. The molecule has 3 heterocycles. The minimum absolute atomic E-state index is 0.116. The van der Waals surface area contributed by atoms with Gasteiger partial charge in [0.1, 0.15) is 5.69 Å². The van der Waals surface area contributed by atoms with Crippen LogP contribution in [0.2, 0.25) is 0 Å². The molecular formula is C13H11F3N6. The molecule has 3 aromatic rings. The van der Waals surface area contributed by atoms with Crippen molar-refractivity contribution < 1.29 is 13.2 Å². The van der Waals surface area contributed by atoms with Crippen molar-refractivity contribution in [3.05, 3.63) is 48.2 Å². The molecule has 22 heavy (non-hydrogen) atoms. The van der Waals surface area contributed by atoms with Crippen molar-refractivity contribution in [3.8, 4) is 0 Å². The Balaban J connectivity index is 1.87. The Kier molecular flexibility index (Phi) is 3.39. The highest BCUT2D eigenvalue weighted by Crippen LogP contribution is 2.28. The number of pyridine rings is 1. The maximum atomic E-state index is 12.6. The number of hydrogen-bond donors (Lipinski definition) is 1. The summed E-state index contributed by atoms with van der Waals surface area (Å²) < 4.78 is 39.7. The number of rotatable bonds is 3. The fourth-order valence-corrected chi connectivity index (χ4v) is 2.00. The SMILES string of the molecule is C[C@H](Nc1nccc(C(F)(F)F)n1)c1nnc2ccccn12. The van der Waals surface area contributed by atoms with Gasteiger partial charge in [0.2, 0.25) is 5.95 Å². The first kappa shape index (κ1) is 14.2. The number of alkyl halides is 3. The van der Waals surface area contributed by atoms with Gasteiger partial charge in [-0.25, -0.2) is 9.97 Å². The third-order valence-electron chi connectivity index (χ3n) is 3.02. The lowest BCUT2D eigenvalue weighted by Crippen LogP contribution is -2.15. The summed E-state index contributed by atoms with van der Waals surface area (Å²) >= 11 is 0. The van der Waals surface area contributed by atoms with E-state index in [2.05, 4.69) is 25.5 Å². The number of nitrogens with one attached hydrogen (secondary N) is 1. The second-order valence-corrected chi connectivity index (χ2v) is 4.62. The predicted molar refractivity (Wildman–Crippen MR) is 72.1 cm³/mol. The van der Waals surface area contributed by atoms with Crippen molar-refractivity contribution in [1.29, 1.82) is 0 Å². The van der Waals surface area contributed by atoms with Crippen LogP contribution in [-0.2, 0) is 6.18 Å². The maximum absolute atomic E-state index is 12.6. The van der Waals surface area contributed by atoms with Crippen LogP contribution in [0, 0.1) is 0 Å². The van der Waals surface area contributed by atoms with Gasteiger partial charge >= 0.3 is 6.18 Å². The lowest BCUT2D eigenvalue weighted by atomic mass is 10.3. The Hall–Kier alpha value is -2.71. The van der Waals surface area contributed by atoms with Gasteiger partial charge in [-0.1, -0.05) is 6.07 Å². The fourth-order valence-electron chi connectivity index (χ4n) is 2.00. The molecular weight excluding hydrogens is 297 g/mol. The topological polar surface area (TPSA) is 68.0 Å². The first-order valence-corrected chi connectivity index (χ1v) is 6.41. The van der Waals surface area contributed by atoms with E-state index in [1.54, 1.807) is 23.6 Å². The number of aromatic nitrogens is 5. The minimum Gasteiger partial charge on any atom is -0.344 e. The second kappa shape index (κ2) is 5.24. The van der Waals surface area contributed by atoms with Gasteiger partial charge in [-0.15, -0.1) is 10.2 Å². The minimum atomic E-state index is -4.51. The zero-order chi connectivity index (χ0) is 15.7. The van der Waals surface area contributed by atoms with Gasteiger partial charge in [-0.05, 0) is 25.1 Å². The molecule has 0 saturated heterocycles. The van der Waals surface area contributed by atoms with E-state index in [1.165, 1.54) is 0 Å². The van der Waals surface area contributed by atoms with Crippen LogP contribution >= 0.6 is 0 Å². The van der Waals surface area contributed by atoms with Crippen molar-refractivity contribution in [3.63, 3.8) is 0 Å². The van der Waals surface area contributed by atoms with Crippen LogP contribution in [0.4, 0.5) is 19.1 Å². The smallest absolute Gasteiger partial charge is 0.344 e. The molecule has 0 aliphatic carbocycles. The van der Waals surface area contributed by atoms with Gasteiger partial charge in [-0.3, -0.25) is 4.40 Å². The van der Waals surface area contributed by atoms with Crippen LogP contribution in [0.5, 0.6) is 0 Å². The molecule has 0 radical (unpaired) electrons. The summed E-state index contributed by atoms with van der Waals surface area (Å²) in [5, 5.41) is 10.8. The molecule has 6 nitrogen and oxygen atoms in total. The van der Waals surface area contributed by atoms with Crippen molar-refractivity contribution in [2.24, 2.45) is 0 Å². The van der Waals surface area contributed by atoms with Gasteiger partial charge in [0.05, 0.1) is 6.04 Å². The quantitative estimate of drug-likeness (QED) is 0.806. The Morgan fingerprint density at radius 2 is 2.00 bits per heavy atom. The number of hydrogen-bond acceptors (Lipinski definition) is 5. The van der Waals surface area contributed by atoms with Crippen molar-refractivity contribution in [1.82, 2.24) is 24.6 Å². The van der Waals surface area contributed by atoms with Crippen molar-refractivity contribution >= 4 is 11.6 Å². The van der Waals surface area contributed by atoms with Crippen LogP contribution in [0.1, 0.15) is 24.5 Å². The van der Waals surface area contributed by atoms with Gasteiger partial charge in [0.15, 0.2) is 11.5 Å². The number of fused-ring (bicyclic) bond motifs is 1. The molecule has 0 spiro atoms. The van der Waals surface area contributed by atoms with E-state index in [0.29, 0.717) is 11.5 Å². The molecule has 0 bridgehead atoms. The Bertz CT molecular complexity index is 798. The largest absolute Gasteiger partial charge is 0.433 e. The molecule has 0 amide bonds. The van der Waals surface area contributed by atoms with Crippen LogP contribution in [0.25, 0.3) is 5.65 Å². The highest BCUT2D eigenvalue weighted by molar-refractivity contribution is 5.39. The van der Waals surface area contributed by atoms with Crippen molar-refractivity contribution in [2.45, 2.75) is 19.1 Å². The van der Waals surface area contributed by atoms with E-state index >= 15 is 0 Å². The Morgan fingerprint density at radius 1 is 1.18 bits per heavy atom. The van der Waals surface area contributed by atoms with Crippen LogP contribution < -0.4 is 5.32 Å². The zero-order valence-electron chi connectivity index (χ0n) is 11.4. The summed E-state index contributed by atoms with van der Waals surface area (Å²) in [6.45, 7) is 1.74. The summed E-state index contributed by atoms with van der Waals surface area (Å²) in [6, 6.07) is 5.82. The average molecular weight is 308 g/mol. The molecule has 0 unspecified atom stereocenters. The zero-order valence-corrected chi connectivity index (χ0v) is 11.4. The standard InChI is InChI=1S/C13H11F3N6/c1-8(11-21-20-10-4-2-3-7-22(10)11)18-12-17-6-5-9(19-12)13(14,15)16/h2-8H,1H3,(H,17,18,19)/t8-/m0/s1. The van der Waals surface area contributed by atoms with E-state index < -0.39 is 17.9 Å². The molecule has 114 valence electrons. The molecule has 3 rings (SSSR count). The normalized spacial score (nSPS) is 13.3. The molecule has 0 aromatic carbocycles. The number of halogens is 3. The average Bonchev–Trinajstić information content (AvgIpc) is 2.90. The molecule has 0 aliphatic heterocycles. The molecule has 9 heteroatoms. The van der Waals surface area contributed by atoms with E-state index in [-0.39, 0.29) is 5.95 Å². The molecule has 1 N–H and O–H groups in total. The van der Waals surface area contributed by atoms with Gasteiger partial charge in [-0.2, -0.15) is 13.2 Å². The van der Waals surface area contributed by atoms with E-state index in [4.69, 9.17) is 0 Å². The fraction of sp³-hybridized carbons (Fsp3) is 0.231. The molecule has 0 aliphatic rings. The van der Waals surface area contributed by atoms with E-state index in [9.17, 15) is 13.2 Å². The lowest BCUT2D eigenvalue weighted by Gasteiger charge is -2.13. The van der Waals surface area contributed by atoms with E-state index in [1.807, 2.05) is 12.1 Å². The van der Waals surface area contributed by atoms with Gasteiger partial charge in [0.25, 0.3) is 0 Å². The summed E-state index contributed by atoms with van der Waals surface area (Å²) in [4.78, 5) is 7.27. The molecule has 0 saturated carbocycles. The lowest BCUT2D eigenvalue weighted by molar-refractivity contribution is -0.141. The van der Waals surface area contributed by atoms with Gasteiger partial charge in [0, 0.05) is 12.4 Å². The summed E-state index contributed by atoms with van der Waals surface area (Å²) in [6.07, 6.45) is -1.67. The molecule has 1 atom stereocenters. The van der Waals surface area contributed by atoms with Crippen LogP contribution in [-0.4, -0.2) is 24.6 Å². The number of anilines is 1. The summed E-state index contributed by atoms with van der Waals surface area (Å²) in [5.41, 5.74) is -0.348. The first-order chi connectivity index (χ1) is 10.4. The monoisotopic (exact) mass is 308 g/mol. The second-order valence-electron chi connectivity index (χ2n) is 4.62.